The molecule has 0 spiro atoms. The first-order valence-electron chi connectivity index (χ1n) is 8.69. The van der Waals surface area contributed by atoms with E-state index in [1.165, 1.54) is 6.33 Å². The van der Waals surface area contributed by atoms with Crippen molar-refractivity contribution in [3.63, 3.8) is 0 Å². The number of nitrogens with zero attached hydrogens (tertiary/aromatic N) is 4. The topological polar surface area (TPSA) is 84.2 Å². The van der Waals surface area contributed by atoms with Crippen LogP contribution in [0.4, 0.5) is 23.0 Å². The van der Waals surface area contributed by atoms with Crippen LogP contribution in [0.2, 0.25) is 0 Å². The van der Waals surface area contributed by atoms with Crippen LogP contribution in [0, 0.1) is 16.0 Å². The van der Waals surface area contributed by atoms with Crippen LogP contribution in [0.25, 0.3) is 0 Å². The molecule has 132 valence electrons. The van der Waals surface area contributed by atoms with Gasteiger partial charge in [-0.2, -0.15) is 0 Å². The minimum Gasteiger partial charge on any atom is -0.351 e. The molecule has 0 aliphatic carbocycles. The van der Waals surface area contributed by atoms with Crippen molar-refractivity contribution in [2.75, 3.05) is 23.3 Å². The molecule has 0 atom stereocenters. The fraction of sp³-hybridized carbons (Fsp3) is 0.444. The number of hydrogen-bond acceptors (Lipinski definition) is 6. The predicted octanol–water partition coefficient (Wildman–Crippen LogP) is 3.93. The lowest BCUT2D eigenvalue weighted by molar-refractivity contribution is -0.383. The second kappa shape index (κ2) is 7.46. The first-order valence-corrected chi connectivity index (χ1v) is 8.69. The Balaban J connectivity index is 1.97. The molecule has 3 rings (SSSR count). The van der Waals surface area contributed by atoms with Gasteiger partial charge in [0.15, 0.2) is 0 Å². The van der Waals surface area contributed by atoms with Gasteiger partial charge in [0.2, 0.25) is 11.6 Å². The highest BCUT2D eigenvalue weighted by Gasteiger charge is 2.29. The van der Waals surface area contributed by atoms with Crippen molar-refractivity contribution < 1.29 is 4.92 Å². The van der Waals surface area contributed by atoms with E-state index in [4.69, 9.17) is 0 Å². The van der Waals surface area contributed by atoms with E-state index in [1.54, 1.807) is 0 Å². The number of aromatic nitrogens is 2. The van der Waals surface area contributed by atoms with Gasteiger partial charge in [-0.1, -0.05) is 32.0 Å². The average Bonchev–Trinajstić information content (AvgIpc) is 2.62. The zero-order valence-electron chi connectivity index (χ0n) is 14.6. The number of hydrogen-bond donors (Lipinski definition) is 1. The number of rotatable bonds is 5. The van der Waals surface area contributed by atoms with Crippen LogP contribution < -0.4 is 10.2 Å². The summed E-state index contributed by atoms with van der Waals surface area (Å²) >= 11 is 0. The fourth-order valence-corrected chi connectivity index (χ4v) is 3.16. The first kappa shape index (κ1) is 17.1. The SMILES string of the molecule is CCc1ccccc1Nc1ncnc(N2CCC(C)CC2)c1[N+](=O)[O-]. The van der Waals surface area contributed by atoms with Gasteiger partial charge in [0, 0.05) is 18.8 Å². The molecule has 0 bridgehead atoms. The number of aryl methyl sites for hydroxylation is 1. The smallest absolute Gasteiger partial charge is 0.351 e. The zero-order valence-corrected chi connectivity index (χ0v) is 14.6. The molecule has 1 aromatic carbocycles. The Hall–Kier alpha value is -2.70. The molecule has 1 aliphatic rings. The quantitative estimate of drug-likeness (QED) is 0.655. The van der Waals surface area contributed by atoms with Gasteiger partial charge >= 0.3 is 5.69 Å². The Labute approximate surface area is 147 Å². The van der Waals surface area contributed by atoms with E-state index in [0.717, 1.165) is 43.6 Å². The summed E-state index contributed by atoms with van der Waals surface area (Å²) in [7, 11) is 0. The second-order valence-corrected chi connectivity index (χ2v) is 6.46. The van der Waals surface area contributed by atoms with Crippen molar-refractivity contribution >= 4 is 23.0 Å². The Morgan fingerprint density at radius 2 is 2.00 bits per heavy atom. The Kier molecular flexibility index (Phi) is 5.11. The molecule has 25 heavy (non-hydrogen) atoms. The van der Waals surface area contributed by atoms with E-state index in [9.17, 15) is 10.1 Å². The van der Waals surface area contributed by atoms with Gasteiger partial charge < -0.3 is 10.2 Å². The van der Waals surface area contributed by atoms with Crippen molar-refractivity contribution in [1.29, 1.82) is 0 Å². The predicted molar refractivity (Wildman–Crippen MR) is 98.4 cm³/mol. The highest BCUT2D eigenvalue weighted by molar-refractivity contribution is 5.75. The maximum Gasteiger partial charge on any atom is 0.353 e. The molecule has 0 radical (unpaired) electrons. The van der Waals surface area contributed by atoms with E-state index in [0.29, 0.717) is 11.7 Å². The second-order valence-electron chi connectivity index (χ2n) is 6.46. The van der Waals surface area contributed by atoms with Crippen LogP contribution in [0.1, 0.15) is 32.3 Å². The van der Waals surface area contributed by atoms with Crippen molar-refractivity contribution in [3.8, 4) is 0 Å². The molecule has 2 heterocycles. The molecule has 7 heteroatoms. The van der Waals surface area contributed by atoms with Gasteiger partial charge in [0.1, 0.15) is 6.33 Å². The molecule has 0 saturated carbocycles. The van der Waals surface area contributed by atoms with Gasteiger partial charge in [-0.3, -0.25) is 10.1 Å². The van der Waals surface area contributed by atoms with Gasteiger partial charge in [0.05, 0.1) is 4.92 Å². The summed E-state index contributed by atoms with van der Waals surface area (Å²) in [4.78, 5) is 21.7. The van der Waals surface area contributed by atoms with E-state index in [1.807, 2.05) is 29.2 Å². The van der Waals surface area contributed by atoms with Crippen molar-refractivity contribution in [2.24, 2.45) is 5.92 Å². The van der Waals surface area contributed by atoms with E-state index in [-0.39, 0.29) is 16.4 Å². The third kappa shape index (κ3) is 3.70. The summed E-state index contributed by atoms with van der Waals surface area (Å²) in [5.74, 6) is 1.30. The molecular formula is C18H23N5O2. The van der Waals surface area contributed by atoms with Gasteiger partial charge in [-0.15, -0.1) is 0 Å². The van der Waals surface area contributed by atoms with E-state index < -0.39 is 0 Å². The molecule has 7 nitrogen and oxygen atoms in total. The molecule has 2 aromatic rings. The van der Waals surface area contributed by atoms with E-state index >= 15 is 0 Å². The van der Waals surface area contributed by atoms with Crippen molar-refractivity contribution in [3.05, 3.63) is 46.3 Å². The van der Waals surface area contributed by atoms with Crippen LogP contribution in [-0.2, 0) is 6.42 Å². The number of anilines is 3. The molecular weight excluding hydrogens is 318 g/mol. The lowest BCUT2D eigenvalue weighted by atomic mass is 9.99. The Morgan fingerprint density at radius 3 is 2.68 bits per heavy atom. The van der Waals surface area contributed by atoms with E-state index in [2.05, 4.69) is 29.1 Å². The number of piperidine rings is 1. The lowest BCUT2D eigenvalue weighted by Gasteiger charge is -2.30. The molecule has 1 N–H and O–H groups in total. The summed E-state index contributed by atoms with van der Waals surface area (Å²) in [6.07, 6.45) is 4.27. The van der Waals surface area contributed by atoms with Gasteiger partial charge in [-0.05, 0) is 36.8 Å². The summed E-state index contributed by atoms with van der Waals surface area (Å²) in [6, 6.07) is 7.77. The number of nitro groups is 1. The minimum absolute atomic E-state index is 0.0528. The van der Waals surface area contributed by atoms with Crippen LogP contribution in [0.15, 0.2) is 30.6 Å². The fourth-order valence-electron chi connectivity index (χ4n) is 3.16. The lowest BCUT2D eigenvalue weighted by Crippen LogP contribution is -2.34. The summed E-state index contributed by atoms with van der Waals surface area (Å²) in [5.41, 5.74) is 1.87. The minimum atomic E-state index is -0.385. The Bertz CT molecular complexity index is 757. The normalized spacial score (nSPS) is 15.2. The maximum atomic E-state index is 11.8. The standard InChI is InChI=1S/C18H23N5O2/c1-3-14-6-4-5-7-15(14)21-17-16(23(24)25)18(20-12-19-17)22-10-8-13(2)9-11-22/h4-7,12-13H,3,8-11H2,1-2H3,(H,19,20,21). The third-order valence-corrected chi connectivity index (χ3v) is 4.72. The van der Waals surface area contributed by atoms with Crippen LogP contribution in [-0.4, -0.2) is 28.0 Å². The molecule has 1 aliphatic heterocycles. The average molecular weight is 341 g/mol. The van der Waals surface area contributed by atoms with Crippen molar-refractivity contribution in [1.82, 2.24) is 9.97 Å². The first-order chi connectivity index (χ1) is 12.1. The number of nitrogens with one attached hydrogen (secondary N) is 1. The summed E-state index contributed by atoms with van der Waals surface area (Å²) in [6.45, 7) is 5.82. The monoisotopic (exact) mass is 341 g/mol. The highest BCUT2D eigenvalue weighted by atomic mass is 16.6. The molecule has 1 aromatic heterocycles. The summed E-state index contributed by atoms with van der Waals surface area (Å²) < 4.78 is 0. The number of benzene rings is 1. The van der Waals surface area contributed by atoms with Crippen LogP contribution in [0.3, 0.4) is 0 Å². The molecule has 1 saturated heterocycles. The van der Waals surface area contributed by atoms with Crippen molar-refractivity contribution in [2.45, 2.75) is 33.1 Å². The molecule has 1 fully saturated rings. The zero-order chi connectivity index (χ0) is 17.8. The van der Waals surface area contributed by atoms with Crippen LogP contribution in [0.5, 0.6) is 0 Å². The van der Waals surface area contributed by atoms with Gasteiger partial charge in [0.25, 0.3) is 0 Å². The highest BCUT2D eigenvalue weighted by Crippen LogP contribution is 2.35. The Morgan fingerprint density at radius 1 is 1.28 bits per heavy atom. The summed E-state index contributed by atoms with van der Waals surface area (Å²) in [5, 5.41) is 14.9. The van der Waals surface area contributed by atoms with Crippen LogP contribution >= 0.6 is 0 Å². The molecule has 0 unspecified atom stereocenters. The van der Waals surface area contributed by atoms with Gasteiger partial charge in [-0.25, -0.2) is 9.97 Å². The largest absolute Gasteiger partial charge is 0.353 e. The third-order valence-electron chi connectivity index (χ3n) is 4.72. The number of para-hydroxylation sites is 1. The molecule has 0 amide bonds. The maximum absolute atomic E-state index is 11.8.